The van der Waals surface area contributed by atoms with Crippen molar-refractivity contribution in [1.82, 2.24) is 10.2 Å². The van der Waals surface area contributed by atoms with Gasteiger partial charge in [0.25, 0.3) is 10.0 Å². The van der Waals surface area contributed by atoms with E-state index >= 15 is 0 Å². The van der Waals surface area contributed by atoms with Gasteiger partial charge in [0, 0.05) is 17.6 Å². The van der Waals surface area contributed by atoms with E-state index in [9.17, 15) is 22.4 Å². The number of benzene rings is 3. The zero-order valence-electron chi connectivity index (χ0n) is 22.4. The highest BCUT2D eigenvalue weighted by Crippen LogP contribution is 2.27. The van der Waals surface area contributed by atoms with E-state index in [4.69, 9.17) is 11.6 Å². The Labute approximate surface area is 234 Å². The van der Waals surface area contributed by atoms with Crippen LogP contribution in [0, 0.1) is 12.7 Å². The number of hydrogen-bond donors (Lipinski definition) is 1. The minimum absolute atomic E-state index is 0.00974. The van der Waals surface area contributed by atoms with Crippen LogP contribution in [0.2, 0.25) is 5.02 Å². The number of nitrogens with one attached hydrogen (secondary N) is 1. The van der Waals surface area contributed by atoms with Gasteiger partial charge in [-0.25, -0.2) is 12.8 Å². The summed E-state index contributed by atoms with van der Waals surface area (Å²) in [5, 5.41) is 3.32. The van der Waals surface area contributed by atoms with E-state index in [0.29, 0.717) is 17.0 Å². The summed E-state index contributed by atoms with van der Waals surface area (Å²) >= 11 is 6.15. The number of halogens is 2. The van der Waals surface area contributed by atoms with Gasteiger partial charge in [-0.15, -0.1) is 0 Å². The summed E-state index contributed by atoms with van der Waals surface area (Å²) in [5.74, 6) is -1.87. The molecular weight excluding hydrogens is 541 g/mol. The first-order valence-corrected chi connectivity index (χ1v) is 14.4. The van der Waals surface area contributed by atoms with E-state index in [2.05, 4.69) is 5.32 Å². The van der Waals surface area contributed by atoms with Gasteiger partial charge in [-0.3, -0.25) is 13.9 Å². The quantitative estimate of drug-likeness (QED) is 0.337. The molecule has 3 aromatic rings. The second kappa shape index (κ2) is 13.1. The highest BCUT2D eigenvalue weighted by atomic mass is 35.5. The molecule has 2 amide bonds. The fourth-order valence-electron chi connectivity index (χ4n) is 3.88. The lowest BCUT2D eigenvalue weighted by molar-refractivity contribution is -0.139. The molecule has 2 unspecified atom stereocenters. The van der Waals surface area contributed by atoms with E-state index in [1.165, 1.54) is 35.2 Å². The van der Waals surface area contributed by atoms with Gasteiger partial charge in [0.2, 0.25) is 11.8 Å². The zero-order chi connectivity index (χ0) is 28.7. The van der Waals surface area contributed by atoms with Crippen LogP contribution >= 0.6 is 11.6 Å². The number of nitrogens with zero attached hydrogens (tertiary/aromatic N) is 2. The van der Waals surface area contributed by atoms with Gasteiger partial charge in [-0.2, -0.15) is 0 Å². The Kier molecular flexibility index (Phi) is 10.1. The molecule has 10 heteroatoms. The third kappa shape index (κ3) is 7.58. The molecule has 39 heavy (non-hydrogen) atoms. The molecule has 208 valence electrons. The summed E-state index contributed by atoms with van der Waals surface area (Å²) in [7, 11) is -4.35. The van der Waals surface area contributed by atoms with Gasteiger partial charge in [0.1, 0.15) is 18.4 Å². The monoisotopic (exact) mass is 573 g/mol. The Balaban J connectivity index is 2.04. The number of carbonyl (C=O) groups excluding carboxylic acids is 2. The van der Waals surface area contributed by atoms with E-state index in [0.717, 1.165) is 15.9 Å². The molecule has 0 spiro atoms. The first-order chi connectivity index (χ1) is 18.4. The second-order valence-corrected chi connectivity index (χ2v) is 11.7. The number of para-hydroxylation sites is 1. The van der Waals surface area contributed by atoms with Crippen LogP contribution in [0.15, 0.2) is 77.7 Å². The molecule has 7 nitrogen and oxygen atoms in total. The highest BCUT2D eigenvalue weighted by Gasteiger charge is 2.33. The minimum atomic E-state index is -4.35. The van der Waals surface area contributed by atoms with E-state index < -0.39 is 40.2 Å². The fourth-order valence-corrected chi connectivity index (χ4v) is 5.52. The molecule has 0 aromatic heterocycles. The van der Waals surface area contributed by atoms with Crippen molar-refractivity contribution >= 4 is 39.1 Å². The van der Waals surface area contributed by atoms with Gasteiger partial charge >= 0.3 is 0 Å². The summed E-state index contributed by atoms with van der Waals surface area (Å²) in [6.45, 7) is 6.42. The maximum absolute atomic E-state index is 15.0. The van der Waals surface area contributed by atoms with Gasteiger partial charge in [0.05, 0.1) is 10.6 Å². The standard InChI is InChI=1S/C29H33ClFN3O4S/c1-5-21(3)32-29(36)22(4)33(18-23-9-8-10-24(30)17-23)28(35)19-34(27-12-7-6-11-26(27)31)39(37,38)25-15-13-20(2)14-16-25/h6-17,21-22H,5,18-19H2,1-4H3,(H,32,36). The van der Waals surface area contributed by atoms with Crippen molar-refractivity contribution in [3.05, 3.63) is 94.8 Å². The van der Waals surface area contributed by atoms with Crippen molar-refractivity contribution in [1.29, 1.82) is 0 Å². The van der Waals surface area contributed by atoms with Crippen LogP contribution in [0.3, 0.4) is 0 Å². The Morgan fingerprint density at radius 3 is 2.28 bits per heavy atom. The summed E-state index contributed by atoms with van der Waals surface area (Å²) in [6.07, 6.45) is 0.691. The molecule has 0 radical (unpaired) electrons. The largest absolute Gasteiger partial charge is 0.352 e. The van der Waals surface area contributed by atoms with E-state index in [1.807, 2.05) is 20.8 Å². The molecular formula is C29H33ClFN3O4S. The number of aryl methyl sites for hydroxylation is 1. The lowest BCUT2D eigenvalue weighted by Crippen LogP contribution is -2.52. The number of carbonyl (C=O) groups is 2. The van der Waals surface area contributed by atoms with Gasteiger partial charge in [-0.1, -0.05) is 60.5 Å². The van der Waals surface area contributed by atoms with E-state index in [-0.39, 0.29) is 23.2 Å². The van der Waals surface area contributed by atoms with E-state index in [1.54, 1.807) is 43.3 Å². The van der Waals surface area contributed by atoms with Gasteiger partial charge in [0.15, 0.2) is 0 Å². The first kappa shape index (κ1) is 30.1. The van der Waals surface area contributed by atoms with Crippen molar-refractivity contribution in [3.63, 3.8) is 0 Å². The van der Waals surface area contributed by atoms with Crippen LogP contribution in [0.25, 0.3) is 0 Å². The molecule has 0 fully saturated rings. The maximum Gasteiger partial charge on any atom is 0.264 e. The molecule has 2 atom stereocenters. The lowest BCUT2D eigenvalue weighted by atomic mass is 10.1. The molecule has 0 saturated carbocycles. The molecule has 0 bridgehead atoms. The first-order valence-electron chi connectivity index (χ1n) is 12.6. The Bertz CT molecular complexity index is 1420. The maximum atomic E-state index is 15.0. The third-order valence-electron chi connectivity index (χ3n) is 6.42. The van der Waals surface area contributed by atoms with Crippen LogP contribution in [0.4, 0.5) is 10.1 Å². The summed E-state index contributed by atoms with van der Waals surface area (Å²) < 4.78 is 43.2. The van der Waals surface area contributed by atoms with Crippen LogP contribution in [0.1, 0.15) is 38.3 Å². The number of anilines is 1. The molecule has 0 aliphatic carbocycles. The molecule has 0 saturated heterocycles. The van der Waals surface area contributed by atoms with Crippen LogP contribution < -0.4 is 9.62 Å². The topological polar surface area (TPSA) is 86.8 Å². The summed E-state index contributed by atoms with van der Waals surface area (Å²) in [4.78, 5) is 28.1. The van der Waals surface area contributed by atoms with Gasteiger partial charge in [-0.05, 0) is 69.2 Å². The number of sulfonamides is 1. The van der Waals surface area contributed by atoms with Crippen molar-refractivity contribution in [2.45, 2.75) is 57.6 Å². The smallest absolute Gasteiger partial charge is 0.264 e. The Hall–Kier alpha value is -3.43. The molecule has 3 rings (SSSR count). The van der Waals surface area contributed by atoms with Gasteiger partial charge < -0.3 is 10.2 Å². The second-order valence-electron chi connectivity index (χ2n) is 9.42. The normalized spacial score (nSPS) is 12.9. The minimum Gasteiger partial charge on any atom is -0.352 e. The Morgan fingerprint density at radius 2 is 1.67 bits per heavy atom. The average Bonchev–Trinajstić information content (AvgIpc) is 2.90. The number of hydrogen-bond acceptors (Lipinski definition) is 4. The zero-order valence-corrected chi connectivity index (χ0v) is 24.0. The van der Waals surface area contributed by atoms with Crippen molar-refractivity contribution in [2.75, 3.05) is 10.8 Å². The van der Waals surface area contributed by atoms with Crippen LogP contribution in [0.5, 0.6) is 0 Å². The lowest BCUT2D eigenvalue weighted by Gasteiger charge is -2.32. The van der Waals surface area contributed by atoms with Crippen molar-refractivity contribution in [2.24, 2.45) is 0 Å². The third-order valence-corrected chi connectivity index (χ3v) is 8.43. The van der Waals surface area contributed by atoms with Crippen molar-refractivity contribution in [3.8, 4) is 0 Å². The van der Waals surface area contributed by atoms with Crippen molar-refractivity contribution < 1.29 is 22.4 Å². The highest BCUT2D eigenvalue weighted by molar-refractivity contribution is 7.92. The predicted molar refractivity (Wildman–Crippen MR) is 151 cm³/mol. The fraction of sp³-hybridized carbons (Fsp3) is 0.310. The molecule has 1 N–H and O–H groups in total. The molecule has 0 aliphatic rings. The average molecular weight is 574 g/mol. The number of amides is 2. The summed E-state index contributed by atoms with van der Waals surface area (Å²) in [5.41, 5.74) is 1.22. The Morgan fingerprint density at radius 1 is 1.00 bits per heavy atom. The SMILES string of the molecule is CCC(C)NC(=O)C(C)N(Cc1cccc(Cl)c1)C(=O)CN(c1ccccc1F)S(=O)(=O)c1ccc(C)cc1. The molecule has 3 aromatic carbocycles. The molecule has 0 heterocycles. The number of rotatable bonds is 11. The van der Waals surface area contributed by atoms with Crippen LogP contribution in [-0.4, -0.2) is 43.8 Å². The van der Waals surface area contributed by atoms with Crippen LogP contribution in [-0.2, 0) is 26.2 Å². The predicted octanol–water partition coefficient (Wildman–Crippen LogP) is 5.31. The molecule has 0 aliphatic heterocycles. The summed E-state index contributed by atoms with van der Waals surface area (Å²) in [6, 6.07) is 17.2.